The molecule has 4 rings (SSSR count). The molecule has 10 heteroatoms. The highest BCUT2D eigenvalue weighted by Crippen LogP contribution is 2.40. The number of methoxy groups -OCH3 is 1. The summed E-state index contributed by atoms with van der Waals surface area (Å²) in [5, 5.41) is 8.58. The summed E-state index contributed by atoms with van der Waals surface area (Å²) in [6, 6.07) is 13.1. The van der Waals surface area contributed by atoms with E-state index in [1.54, 1.807) is 16.4 Å². The van der Waals surface area contributed by atoms with Crippen molar-refractivity contribution >= 4 is 39.6 Å². The first-order chi connectivity index (χ1) is 17.4. The molecule has 0 spiro atoms. The highest BCUT2D eigenvalue weighted by atomic mass is 79.9. The maximum atomic E-state index is 12.9. The lowest BCUT2D eigenvalue weighted by atomic mass is 9.95. The molecule has 0 saturated heterocycles. The number of esters is 1. The van der Waals surface area contributed by atoms with E-state index >= 15 is 0 Å². The van der Waals surface area contributed by atoms with Gasteiger partial charge in [-0.25, -0.2) is 9.48 Å². The molecule has 2 heterocycles. The van der Waals surface area contributed by atoms with Gasteiger partial charge < -0.3 is 19.5 Å². The molecule has 1 aliphatic rings. The van der Waals surface area contributed by atoms with E-state index in [1.807, 2.05) is 56.3 Å². The number of rotatable bonds is 10. The van der Waals surface area contributed by atoms with E-state index < -0.39 is 12.0 Å². The number of halogens is 1. The van der Waals surface area contributed by atoms with Gasteiger partial charge in [-0.05, 0) is 55.7 Å². The molecule has 2 aromatic carbocycles. The molecule has 0 amide bonds. The molecule has 0 bridgehead atoms. The number of hydrogen-bond acceptors (Lipinski definition) is 8. The first kappa shape index (κ1) is 26.1. The van der Waals surface area contributed by atoms with Crippen molar-refractivity contribution < 1.29 is 19.0 Å². The zero-order valence-corrected chi connectivity index (χ0v) is 23.1. The van der Waals surface area contributed by atoms with Crippen molar-refractivity contribution in [2.24, 2.45) is 0 Å². The van der Waals surface area contributed by atoms with Crippen molar-refractivity contribution in [3.05, 3.63) is 69.3 Å². The fourth-order valence-corrected chi connectivity index (χ4v) is 4.84. The summed E-state index contributed by atoms with van der Waals surface area (Å²) in [5.74, 6) is 2.27. The Kier molecular flexibility index (Phi) is 8.58. The molecule has 190 valence electrons. The predicted octanol–water partition coefficient (Wildman–Crippen LogP) is 5.98. The summed E-state index contributed by atoms with van der Waals surface area (Å²) < 4.78 is 19.9. The molecule has 0 fully saturated rings. The van der Waals surface area contributed by atoms with Crippen LogP contribution < -0.4 is 14.8 Å². The van der Waals surface area contributed by atoms with Crippen LogP contribution in [0.2, 0.25) is 0 Å². The second-order valence-corrected chi connectivity index (χ2v) is 10.1. The first-order valence-corrected chi connectivity index (χ1v) is 13.5. The smallest absolute Gasteiger partial charge is 0.338 e. The van der Waals surface area contributed by atoms with Gasteiger partial charge in [-0.15, -0.1) is 5.10 Å². The Morgan fingerprint density at radius 3 is 2.61 bits per heavy atom. The SMILES string of the molecule is CCCSc1nc2n(n1)C(c1ccc(OCc3ccc(Br)cc3)c(OCC)c1)C(C(=O)OC)=C(C)N2. The molecule has 1 aromatic heterocycles. The van der Waals surface area contributed by atoms with Crippen LogP contribution >= 0.6 is 27.7 Å². The van der Waals surface area contributed by atoms with Gasteiger partial charge in [-0.1, -0.05) is 52.8 Å². The number of fused-ring (bicyclic) bond motifs is 1. The molecule has 1 unspecified atom stereocenters. The molecule has 1 aliphatic heterocycles. The average molecular weight is 574 g/mol. The van der Waals surface area contributed by atoms with Crippen LogP contribution in [-0.2, 0) is 16.1 Å². The standard InChI is InChI=1S/C26H29BrN4O4S/c1-5-13-36-26-29-25-28-16(3)22(24(32)33-4)23(31(25)30-26)18-9-12-20(21(14-18)34-6-2)35-15-17-7-10-19(27)11-8-17/h7-12,14,23H,5-6,13,15H2,1-4H3,(H,28,29,30). The van der Waals surface area contributed by atoms with Crippen molar-refractivity contribution in [3.8, 4) is 11.5 Å². The third kappa shape index (κ3) is 5.70. The Hall–Kier alpha value is -2.98. The third-order valence-electron chi connectivity index (χ3n) is 5.56. The average Bonchev–Trinajstić information content (AvgIpc) is 3.28. The largest absolute Gasteiger partial charge is 0.490 e. The Labute approximate surface area is 223 Å². The first-order valence-electron chi connectivity index (χ1n) is 11.7. The maximum absolute atomic E-state index is 12.9. The minimum Gasteiger partial charge on any atom is -0.490 e. The summed E-state index contributed by atoms with van der Waals surface area (Å²) >= 11 is 5.04. The lowest BCUT2D eigenvalue weighted by Gasteiger charge is -2.28. The van der Waals surface area contributed by atoms with Gasteiger partial charge >= 0.3 is 5.97 Å². The van der Waals surface area contributed by atoms with Crippen LogP contribution in [0.4, 0.5) is 5.95 Å². The highest BCUT2D eigenvalue weighted by Gasteiger charge is 2.35. The minimum atomic E-state index is -0.531. The van der Waals surface area contributed by atoms with E-state index in [-0.39, 0.29) is 0 Å². The van der Waals surface area contributed by atoms with Crippen molar-refractivity contribution in [2.45, 2.75) is 45.0 Å². The number of aromatic nitrogens is 3. The fraction of sp³-hybridized carbons (Fsp3) is 0.346. The maximum Gasteiger partial charge on any atom is 0.338 e. The van der Waals surface area contributed by atoms with Gasteiger partial charge in [0, 0.05) is 15.9 Å². The minimum absolute atomic E-state index is 0.401. The zero-order valence-electron chi connectivity index (χ0n) is 20.7. The molecule has 0 saturated carbocycles. The molecule has 0 aliphatic carbocycles. The zero-order chi connectivity index (χ0) is 25.7. The topological polar surface area (TPSA) is 87.5 Å². The van der Waals surface area contributed by atoms with E-state index in [1.165, 1.54) is 7.11 Å². The lowest BCUT2D eigenvalue weighted by Crippen LogP contribution is -2.29. The van der Waals surface area contributed by atoms with E-state index in [4.69, 9.17) is 19.3 Å². The van der Waals surface area contributed by atoms with Gasteiger partial charge in [0.2, 0.25) is 11.1 Å². The van der Waals surface area contributed by atoms with Gasteiger partial charge in [0.05, 0.1) is 19.3 Å². The number of carbonyl (C=O) groups excluding carboxylic acids is 1. The summed E-state index contributed by atoms with van der Waals surface area (Å²) in [6.45, 7) is 6.75. The van der Waals surface area contributed by atoms with Gasteiger partial charge in [0.1, 0.15) is 12.6 Å². The number of thioether (sulfide) groups is 1. The van der Waals surface area contributed by atoms with Crippen LogP contribution in [-0.4, -0.2) is 40.2 Å². The Bertz CT molecular complexity index is 1260. The number of allylic oxidation sites excluding steroid dienone is 1. The van der Waals surface area contributed by atoms with Crippen molar-refractivity contribution in [1.82, 2.24) is 14.8 Å². The number of nitrogens with one attached hydrogen (secondary N) is 1. The number of hydrogen-bond donors (Lipinski definition) is 1. The van der Waals surface area contributed by atoms with Crippen LogP contribution in [0.3, 0.4) is 0 Å². The molecule has 8 nitrogen and oxygen atoms in total. The van der Waals surface area contributed by atoms with Crippen molar-refractivity contribution in [2.75, 3.05) is 24.8 Å². The molecule has 0 radical (unpaired) electrons. The number of nitrogens with zero attached hydrogens (tertiary/aromatic N) is 3. The summed E-state index contributed by atoms with van der Waals surface area (Å²) in [4.78, 5) is 17.5. The van der Waals surface area contributed by atoms with Crippen LogP contribution in [0.25, 0.3) is 0 Å². The predicted molar refractivity (Wildman–Crippen MR) is 144 cm³/mol. The molecule has 1 N–H and O–H groups in total. The van der Waals surface area contributed by atoms with Crippen LogP contribution in [0.1, 0.15) is 44.4 Å². The fourth-order valence-electron chi connectivity index (χ4n) is 3.89. The van der Waals surface area contributed by atoms with E-state index in [0.29, 0.717) is 47.1 Å². The molecular weight excluding hydrogens is 544 g/mol. The Balaban J connectivity index is 1.71. The lowest BCUT2D eigenvalue weighted by molar-refractivity contribution is -0.136. The summed E-state index contributed by atoms with van der Waals surface area (Å²) in [6.07, 6.45) is 1.01. The molecule has 36 heavy (non-hydrogen) atoms. The van der Waals surface area contributed by atoms with Gasteiger partial charge in [0.15, 0.2) is 11.5 Å². The molecule has 3 aromatic rings. The van der Waals surface area contributed by atoms with Crippen molar-refractivity contribution in [1.29, 1.82) is 0 Å². The second-order valence-electron chi connectivity index (χ2n) is 8.12. The summed E-state index contributed by atoms with van der Waals surface area (Å²) in [5.41, 5.74) is 2.99. The summed E-state index contributed by atoms with van der Waals surface area (Å²) in [7, 11) is 1.38. The normalized spacial score (nSPS) is 14.8. The highest BCUT2D eigenvalue weighted by molar-refractivity contribution is 9.10. The number of ether oxygens (including phenoxy) is 3. The Morgan fingerprint density at radius 1 is 1.14 bits per heavy atom. The monoisotopic (exact) mass is 572 g/mol. The van der Waals surface area contributed by atoms with Crippen LogP contribution in [0.5, 0.6) is 11.5 Å². The van der Waals surface area contributed by atoms with Crippen LogP contribution in [0, 0.1) is 0 Å². The van der Waals surface area contributed by atoms with E-state index in [2.05, 4.69) is 33.2 Å². The quantitative estimate of drug-likeness (QED) is 0.234. The van der Waals surface area contributed by atoms with Gasteiger partial charge in [-0.2, -0.15) is 4.98 Å². The molecule has 1 atom stereocenters. The second kappa shape index (κ2) is 11.8. The number of anilines is 1. The van der Waals surface area contributed by atoms with Gasteiger partial charge in [0.25, 0.3) is 0 Å². The number of benzene rings is 2. The van der Waals surface area contributed by atoms with E-state index in [0.717, 1.165) is 27.8 Å². The van der Waals surface area contributed by atoms with Crippen LogP contribution in [0.15, 0.2) is 63.4 Å². The van der Waals surface area contributed by atoms with E-state index in [9.17, 15) is 4.79 Å². The third-order valence-corrected chi connectivity index (χ3v) is 7.14. The molecular formula is C26H29BrN4O4S. The van der Waals surface area contributed by atoms with Crippen molar-refractivity contribution in [3.63, 3.8) is 0 Å². The number of carbonyl (C=O) groups is 1. The van der Waals surface area contributed by atoms with Gasteiger partial charge in [-0.3, -0.25) is 0 Å². The Morgan fingerprint density at radius 2 is 1.92 bits per heavy atom.